The van der Waals surface area contributed by atoms with Crippen molar-refractivity contribution >= 4 is 80.0 Å². The molecule has 1 saturated carbocycles. The van der Waals surface area contributed by atoms with Gasteiger partial charge in [0.2, 0.25) is 27.7 Å². The highest BCUT2D eigenvalue weighted by Crippen LogP contribution is 2.54. The molecular weight excluding hydrogens is 1190 g/mol. The van der Waals surface area contributed by atoms with Crippen molar-refractivity contribution in [3.05, 3.63) is 130 Å². The molecule has 4 N–H and O–H groups in total. The molecule has 4 atom stereocenters. The van der Waals surface area contributed by atoms with Gasteiger partial charge in [0.25, 0.3) is 5.91 Å². The van der Waals surface area contributed by atoms with Gasteiger partial charge < -0.3 is 30.4 Å². The van der Waals surface area contributed by atoms with Gasteiger partial charge >= 0.3 is 5.97 Å². The number of aromatic amines is 1. The van der Waals surface area contributed by atoms with E-state index in [2.05, 4.69) is 25.8 Å². The molecule has 4 aliphatic rings. The average molecular weight is 1270 g/mol. The molecule has 6 heterocycles. The van der Waals surface area contributed by atoms with Crippen molar-refractivity contribution in [3.8, 4) is 11.3 Å². The van der Waals surface area contributed by atoms with E-state index < -0.39 is 68.7 Å². The highest BCUT2D eigenvalue weighted by molar-refractivity contribution is 7.89. The maximum absolute atomic E-state index is 15.7. The van der Waals surface area contributed by atoms with Crippen LogP contribution in [0.5, 0.6) is 0 Å². The van der Waals surface area contributed by atoms with E-state index in [4.69, 9.17) is 28.2 Å². The highest BCUT2D eigenvalue weighted by Gasteiger charge is 2.55. The molecule has 10 rings (SSSR count). The van der Waals surface area contributed by atoms with E-state index in [1.807, 2.05) is 66.6 Å². The van der Waals surface area contributed by atoms with Gasteiger partial charge in [-0.05, 0) is 91.1 Å². The van der Waals surface area contributed by atoms with E-state index in [1.165, 1.54) is 10.4 Å². The SMILES string of the molecule is CC(C)(C)[C@@H](CS(=O)(=O)N1CCN(C(=O)CCCCCCCCNC(=O)CN2CCN(C(=O)c3ccc(Nc4nc(C5CC5)cn5c(-c6cn[nH]c6)cnc45)c(F)c3)CC2)CC1)N1C(=O)[C@@](C)(CC(=O)O)C[C@H](c2cccc(Cl)c2)[C@H]1c1ccc(Cl)cc1. The third-order valence-electron chi connectivity index (χ3n) is 17.8. The summed E-state index contributed by atoms with van der Waals surface area (Å²) in [4.78, 5) is 83.8. The molecule has 20 nitrogen and oxygen atoms in total. The van der Waals surface area contributed by atoms with E-state index in [0.717, 1.165) is 73.0 Å². The fourth-order valence-corrected chi connectivity index (χ4v) is 15.0. The van der Waals surface area contributed by atoms with Crippen LogP contribution in [0.25, 0.3) is 16.9 Å². The van der Waals surface area contributed by atoms with Gasteiger partial charge in [0, 0.05) is 111 Å². The lowest BCUT2D eigenvalue weighted by Crippen LogP contribution is -2.61. The number of aromatic nitrogens is 5. The Morgan fingerprint density at radius 1 is 0.852 bits per heavy atom. The number of piperazine rings is 2. The number of nitrogens with one attached hydrogen (secondary N) is 3. The summed E-state index contributed by atoms with van der Waals surface area (Å²) in [5.74, 6) is -2.65. The highest BCUT2D eigenvalue weighted by atomic mass is 35.5. The number of amides is 4. The van der Waals surface area contributed by atoms with E-state index in [0.29, 0.717) is 73.0 Å². The Morgan fingerprint density at radius 2 is 1.56 bits per heavy atom. The number of sulfonamides is 1. The van der Waals surface area contributed by atoms with Gasteiger partial charge in [-0.2, -0.15) is 9.40 Å². The molecule has 3 aromatic carbocycles. The number of carboxylic acids is 1. The summed E-state index contributed by atoms with van der Waals surface area (Å²) >= 11 is 12.9. The lowest BCUT2D eigenvalue weighted by atomic mass is 9.66. The lowest BCUT2D eigenvalue weighted by Gasteiger charge is -2.54. The summed E-state index contributed by atoms with van der Waals surface area (Å²) in [6, 6.07) is 17.2. The summed E-state index contributed by atoms with van der Waals surface area (Å²) in [5.41, 5.74) is 2.90. The second-order valence-electron chi connectivity index (χ2n) is 25.4. The van der Waals surface area contributed by atoms with Gasteiger partial charge in [0.1, 0.15) is 5.82 Å². The quantitative estimate of drug-likeness (QED) is 0.0413. The molecule has 0 radical (unpaired) electrons. The molecular formula is C64H79Cl2FN12O8S. The van der Waals surface area contributed by atoms with Crippen LogP contribution in [0.2, 0.25) is 10.0 Å². The van der Waals surface area contributed by atoms with E-state index >= 15 is 9.18 Å². The van der Waals surface area contributed by atoms with Crippen LogP contribution in [-0.2, 0) is 29.2 Å². The number of piperidine rings is 1. The summed E-state index contributed by atoms with van der Waals surface area (Å²) in [7, 11) is -4.03. The average Bonchev–Trinajstić information content (AvgIpc) is 1.41. The maximum atomic E-state index is 15.7. The van der Waals surface area contributed by atoms with Crippen molar-refractivity contribution in [3.63, 3.8) is 0 Å². The predicted octanol–water partition coefficient (Wildman–Crippen LogP) is 9.92. The number of nitrogens with zero attached hydrogens (tertiary/aromatic N) is 9. The first kappa shape index (κ1) is 64.0. The first-order chi connectivity index (χ1) is 42.0. The Balaban J connectivity index is 0.625. The second-order valence-corrected chi connectivity index (χ2v) is 28.3. The third-order valence-corrected chi connectivity index (χ3v) is 20.1. The number of rotatable bonds is 24. The summed E-state index contributed by atoms with van der Waals surface area (Å²) < 4.78 is 48.3. The Morgan fingerprint density at radius 3 is 2.22 bits per heavy atom. The number of aliphatic carboxylic acids is 1. The number of carboxylic acid groups (broad SMARTS) is 1. The molecule has 6 aromatic rings. The number of carbonyl (C=O) groups is 5. The van der Waals surface area contributed by atoms with Gasteiger partial charge in [-0.3, -0.25) is 38.4 Å². The minimum absolute atomic E-state index is 0.0220. The van der Waals surface area contributed by atoms with Crippen molar-refractivity contribution in [1.29, 1.82) is 0 Å². The lowest BCUT2D eigenvalue weighted by molar-refractivity contribution is -0.162. The van der Waals surface area contributed by atoms with Crippen molar-refractivity contribution in [2.45, 2.75) is 122 Å². The molecule has 1 aliphatic carbocycles. The molecule has 3 saturated heterocycles. The molecule has 3 aromatic heterocycles. The van der Waals surface area contributed by atoms with Crippen molar-refractivity contribution in [2.75, 3.05) is 76.5 Å². The number of carbonyl (C=O) groups excluding carboxylic acids is 4. The largest absolute Gasteiger partial charge is 0.481 e. The normalized spacial score (nSPS) is 20.1. The number of likely N-dealkylation sites (tertiary alicyclic amines) is 1. The number of hydrogen-bond donors (Lipinski definition) is 4. The predicted molar refractivity (Wildman–Crippen MR) is 335 cm³/mol. The minimum Gasteiger partial charge on any atom is -0.481 e. The molecule has 0 spiro atoms. The topological polar surface area (TPSA) is 239 Å². The maximum Gasteiger partial charge on any atom is 0.304 e. The molecule has 4 amide bonds. The molecule has 0 bridgehead atoms. The van der Waals surface area contributed by atoms with Gasteiger partial charge in [-0.15, -0.1) is 0 Å². The first-order valence-electron chi connectivity index (χ1n) is 30.6. The second kappa shape index (κ2) is 27.4. The Bertz CT molecular complexity index is 3600. The molecule has 4 fully saturated rings. The van der Waals surface area contributed by atoms with Crippen molar-refractivity contribution in [1.82, 2.24) is 53.8 Å². The summed E-state index contributed by atoms with van der Waals surface area (Å²) in [6.07, 6.45) is 14.6. The zero-order valence-electron chi connectivity index (χ0n) is 50.4. The number of imidazole rings is 1. The van der Waals surface area contributed by atoms with Gasteiger partial charge in [-0.25, -0.2) is 22.8 Å². The minimum atomic E-state index is -4.03. The first-order valence-corrected chi connectivity index (χ1v) is 32.9. The molecule has 88 heavy (non-hydrogen) atoms. The van der Waals surface area contributed by atoms with Crippen LogP contribution >= 0.6 is 23.2 Å². The number of H-pyrrole nitrogens is 1. The number of halogens is 3. The summed E-state index contributed by atoms with van der Waals surface area (Å²) in [6.45, 7) is 10.6. The van der Waals surface area contributed by atoms with Crippen LogP contribution in [0.15, 0.2) is 91.5 Å². The molecule has 470 valence electrons. The van der Waals surface area contributed by atoms with E-state index in [9.17, 15) is 32.7 Å². The zero-order chi connectivity index (χ0) is 62.5. The van der Waals surface area contributed by atoms with Crippen LogP contribution in [0.3, 0.4) is 0 Å². The zero-order valence-corrected chi connectivity index (χ0v) is 52.7. The van der Waals surface area contributed by atoms with Gasteiger partial charge in [-0.1, -0.05) is 101 Å². The molecule has 24 heteroatoms. The van der Waals surface area contributed by atoms with Crippen molar-refractivity contribution in [2.24, 2.45) is 10.8 Å². The fraction of sp³-hybridized carbons (Fsp3) is 0.500. The number of hydrogen-bond acceptors (Lipinski definition) is 12. The molecule has 0 unspecified atom stereocenters. The number of fused-ring (bicyclic) bond motifs is 1. The summed E-state index contributed by atoms with van der Waals surface area (Å²) in [5, 5.41) is 24.2. The van der Waals surface area contributed by atoms with E-state index in [-0.39, 0.29) is 68.1 Å². The van der Waals surface area contributed by atoms with Crippen LogP contribution < -0.4 is 10.6 Å². The van der Waals surface area contributed by atoms with Crippen LogP contribution in [-0.4, -0.2) is 169 Å². The Hall–Kier alpha value is -6.98. The Labute approximate surface area is 523 Å². The van der Waals surface area contributed by atoms with Gasteiger partial charge in [0.15, 0.2) is 11.5 Å². The monoisotopic (exact) mass is 1260 g/mol. The van der Waals surface area contributed by atoms with Crippen LogP contribution in [0, 0.1) is 16.6 Å². The standard InChI is InChI=1S/C64H79Cl2FN12O8S/c1-63(2,3)54(79-58(43-17-20-47(65)21-18-43)49(44-12-11-13-48(66)32-44)34-64(4,62(79)85)35-57(82)83)41-88(86,87)77-30-28-75(29-31-77)56(81)14-9-7-5-6-8-10-23-68-55(80)40-74-24-26-76(27-25-74)61(84)45-19-22-51(50(67)33-45)72-59-60-69-38-53(46-36-70-71-37-46)78(60)39-52(73-59)42-15-16-42/h11-13,17-22,32-33,36-39,42,49,54,58H,5-10,14-16,23-31,34-35,40-41H2,1-4H3,(H,68,80)(H,70,71)(H,72,73)(H,82,83)/t49-,54-,58-,64-/m1/s1. The number of anilines is 2. The smallest absolute Gasteiger partial charge is 0.304 e. The van der Waals surface area contributed by atoms with E-state index in [1.54, 1.807) is 70.5 Å². The fourth-order valence-electron chi connectivity index (χ4n) is 12.7. The van der Waals surface area contributed by atoms with Crippen LogP contribution in [0.1, 0.15) is 143 Å². The van der Waals surface area contributed by atoms with Gasteiger partial charge in [0.05, 0.1) is 65.7 Å². The number of benzene rings is 3. The molecule has 3 aliphatic heterocycles. The number of unbranched alkanes of at least 4 members (excludes halogenated alkanes) is 5. The third kappa shape index (κ3) is 15.2. The van der Waals surface area contributed by atoms with Crippen LogP contribution in [0.4, 0.5) is 15.9 Å². The Kier molecular flexibility index (Phi) is 19.9. The van der Waals surface area contributed by atoms with Crippen molar-refractivity contribution < 1.29 is 41.9 Å².